The van der Waals surface area contributed by atoms with Crippen molar-refractivity contribution < 1.29 is 9.47 Å². The van der Waals surface area contributed by atoms with E-state index in [0.29, 0.717) is 11.6 Å². The second-order valence-corrected chi connectivity index (χ2v) is 3.84. The number of ether oxygens (including phenoxy) is 2. The van der Waals surface area contributed by atoms with Crippen LogP contribution in [0.3, 0.4) is 0 Å². The zero-order valence-corrected chi connectivity index (χ0v) is 8.67. The van der Waals surface area contributed by atoms with Crippen LogP contribution in [0.2, 0.25) is 5.02 Å². The summed E-state index contributed by atoms with van der Waals surface area (Å²) in [5.74, 6) is 0.813. The summed E-state index contributed by atoms with van der Waals surface area (Å²) in [4.78, 5) is 0. The highest BCUT2D eigenvalue weighted by Crippen LogP contribution is 2.19. The first-order chi connectivity index (χ1) is 6.84. The van der Waals surface area contributed by atoms with E-state index < -0.39 is 0 Å². The zero-order valence-electron chi connectivity index (χ0n) is 7.91. The quantitative estimate of drug-likeness (QED) is 0.767. The molecular weight excluding hydrogens is 200 g/mol. The summed E-state index contributed by atoms with van der Waals surface area (Å²) in [5, 5.41) is 0.704. The molecule has 0 N–H and O–H groups in total. The molecule has 1 atom stereocenters. The molecule has 1 saturated heterocycles. The molecule has 0 aliphatic carbocycles. The largest absolute Gasteiger partial charge is 0.491 e. The smallest absolute Gasteiger partial charge is 0.120 e. The van der Waals surface area contributed by atoms with E-state index in [-0.39, 0.29) is 6.10 Å². The average Bonchev–Trinajstić information content (AvgIpc) is 2.67. The fourth-order valence-corrected chi connectivity index (χ4v) is 1.70. The topological polar surface area (TPSA) is 18.5 Å². The van der Waals surface area contributed by atoms with Crippen molar-refractivity contribution in [3.8, 4) is 5.75 Å². The fourth-order valence-electron chi connectivity index (χ4n) is 1.52. The number of hydrogen-bond acceptors (Lipinski definition) is 2. The molecule has 0 amide bonds. The van der Waals surface area contributed by atoms with Crippen LogP contribution in [0.15, 0.2) is 24.3 Å². The van der Waals surface area contributed by atoms with Crippen LogP contribution in [0, 0.1) is 0 Å². The van der Waals surface area contributed by atoms with Gasteiger partial charge in [0, 0.05) is 11.6 Å². The van der Waals surface area contributed by atoms with Crippen molar-refractivity contribution >= 4 is 11.6 Å². The molecule has 1 heterocycles. The lowest BCUT2D eigenvalue weighted by atomic mass is 10.2. The molecule has 1 unspecified atom stereocenters. The molecule has 0 bridgehead atoms. The summed E-state index contributed by atoms with van der Waals surface area (Å²) >= 11 is 5.83. The van der Waals surface area contributed by atoms with Gasteiger partial charge in [-0.25, -0.2) is 0 Å². The highest BCUT2D eigenvalue weighted by molar-refractivity contribution is 6.30. The first-order valence-electron chi connectivity index (χ1n) is 4.84. The number of hydrogen-bond donors (Lipinski definition) is 0. The zero-order chi connectivity index (χ0) is 9.80. The summed E-state index contributed by atoms with van der Waals surface area (Å²) in [7, 11) is 0. The van der Waals surface area contributed by atoms with Gasteiger partial charge < -0.3 is 9.47 Å². The lowest BCUT2D eigenvalue weighted by Gasteiger charge is -2.11. The minimum Gasteiger partial charge on any atom is -0.491 e. The van der Waals surface area contributed by atoms with Crippen LogP contribution in [-0.2, 0) is 4.74 Å². The summed E-state index contributed by atoms with van der Waals surface area (Å²) in [6.45, 7) is 1.49. The third-order valence-corrected chi connectivity index (χ3v) is 2.49. The van der Waals surface area contributed by atoms with E-state index in [9.17, 15) is 0 Å². The van der Waals surface area contributed by atoms with Crippen molar-refractivity contribution in [2.24, 2.45) is 0 Å². The van der Waals surface area contributed by atoms with Crippen LogP contribution >= 0.6 is 11.6 Å². The molecule has 1 fully saturated rings. The molecule has 0 radical (unpaired) electrons. The van der Waals surface area contributed by atoms with Crippen LogP contribution < -0.4 is 4.74 Å². The monoisotopic (exact) mass is 212 g/mol. The maximum atomic E-state index is 5.83. The number of rotatable bonds is 3. The van der Waals surface area contributed by atoms with Crippen LogP contribution in [0.25, 0.3) is 0 Å². The van der Waals surface area contributed by atoms with E-state index in [1.54, 1.807) is 0 Å². The van der Waals surface area contributed by atoms with Crippen molar-refractivity contribution in [3.63, 3.8) is 0 Å². The molecule has 2 nitrogen and oxygen atoms in total. The summed E-state index contributed by atoms with van der Waals surface area (Å²) in [5.41, 5.74) is 0. The van der Waals surface area contributed by atoms with Gasteiger partial charge in [-0.05, 0) is 31.0 Å². The van der Waals surface area contributed by atoms with E-state index in [1.807, 2.05) is 24.3 Å². The Kier molecular flexibility index (Phi) is 3.27. The van der Waals surface area contributed by atoms with E-state index >= 15 is 0 Å². The third kappa shape index (κ3) is 2.63. The summed E-state index contributed by atoms with van der Waals surface area (Å²) < 4.78 is 11.0. The predicted molar refractivity (Wildman–Crippen MR) is 55.9 cm³/mol. The van der Waals surface area contributed by atoms with E-state index in [1.165, 1.54) is 0 Å². The molecule has 0 spiro atoms. The normalized spacial score (nSPS) is 21.1. The second-order valence-electron chi connectivity index (χ2n) is 3.40. The first kappa shape index (κ1) is 9.81. The molecule has 14 heavy (non-hydrogen) atoms. The van der Waals surface area contributed by atoms with Crippen LogP contribution in [0.1, 0.15) is 12.8 Å². The minimum absolute atomic E-state index is 0.258. The van der Waals surface area contributed by atoms with Gasteiger partial charge in [0.1, 0.15) is 12.4 Å². The molecular formula is C11H13ClO2. The van der Waals surface area contributed by atoms with Gasteiger partial charge >= 0.3 is 0 Å². The third-order valence-electron chi connectivity index (χ3n) is 2.26. The second kappa shape index (κ2) is 4.67. The van der Waals surface area contributed by atoms with Crippen LogP contribution in [-0.4, -0.2) is 19.3 Å². The van der Waals surface area contributed by atoms with Gasteiger partial charge in [0.15, 0.2) is 0 Å². The van der Waals surface area contributed by atoms with E-state index in [0.717, 1.165) is 25.2 Å². The molecule has 1 aliphatic heterocycles. The van der Waals surface area contributed by atoms with Gasteiger partial charge in [-0.15, -0.1) is 0 Å². The Balaban J connectivity index is 1.85. The number of benzene rings is 1. The predicted octanol–water partition coefficient (Wildman–Crippen LogP) is 2.90. The van der Waals surface area contributed by atoms with Crippen molar-refractivity contribution in [1.82, 2.24) is 0 Å². The fraction of sp³-hybridized carbons (Fsp3) is 0.455. The maximum absolute atomic E-state index is 5.83. The molecule has 2 rings (SSSR count). The summed E-state index contributed by atoms with van der Waals surface area (Å²) in [6.07, 6.45) is 2.50. The van der Waals surface area contributed by atoms with Gasteiger partial charge in [0.2, 0.25) is 0 Å². The molecule has 1 aromatic rings. The first-order valence-corrected chi connectivity index (χ1v) is 5.22. The Labute approximate surface area is 88.8 Å². The summed E-state index contributed by atoms with van der Waals surface area (Å²) in [6, 6.07) is 7.44. The van der Waals surface area contributed by atoms with E-state index in [4.69, 9.17) is 21.1 Å². The lowest BCUT2D eigenvalue weighted by molar-refractivity contribution is 0.0679. The minimum atomic E-state index is 0.258. The molecule has 0 saturated carbocycles. The van der Waals surface area contributed by atoms with Gasteiger partial charge in [-0.2, -0.15) is 0 Å². The Hall–Kier alpha value is -0.730. The molecule has 76 valence electrons. The molecule has 1 aliphatic rings. The lowest BCUT2D eigenvalue weighted by Crippen LogP contribution is -2.16. The van der Waals surface area contributed by atoms with Crippen molar-refractivity contribution in [2.45, 2.75) is 18.9 Å². The van der Waals surface area contributed by atoms with Crippen LogP contribution in [0.4, 0.5) is 0 Å². The maximum Gasteiger partial charge on any atom is 0.120 e. The van der Waals surface area contributed by atoms with Gasteiger partial charge in [-0.1, -0.05) is 17.7 Å². The molecule has 1 aromatic carbocycles. The Morgan fingerprint density at radius 3 is 3.14 bits per heavy atom. The highest BCUT2D eigenvalue weighted by Gasteiger charge is 2.15. The standard InChI is InChI=1S/C11H13ClO2/c12-9-3-1-4-10(7-9)14-8-11-5-2-6-13-11/h1,3-4,7,11H,2,5-6,8H2. The van der Waals surface area contributed by atoms with Gasteiger partial charge in [-0.3, -0.25) is 0 Å². The Morgan fingerprint density at radius 1 is 1.50 bits per heavy atom. The van der Waals surface area contributed by atoms with Crippen LogP contribution in [0.5, 0.6) is 5.75 Å². The van der Waals surface area contributed by atoms with Crippen molar-refractivity contribution in [1.29, 1.82) is 0 Å². The van der Waals surface area contributed by atoms with Gasteiger partial charge in [0.25, 0.3) is 0 Å². The Bertz CT molecular complexity index is 295. The molecule has 3 heteroatoms. The van der Waals surface area contributed by atoms with Gasteiger partial charge in [0.05, 0.1) is 6.10 Å². The molecule has 0 aromatic heterocycles. The number of halogens is 1. The average molecular weight is 213 g/mol. The highest BCUT2D eigenvalue weighted by atomic mass is 35.5. The van der Waals surface area contributed by atoms with Crippen molar-refractivity contribution in [2.75, 3.05) is 13.2 Å². The van der Waals surface area contributed by atoms with Crippen molar-refractivity contribution in [3.05, 3.63) is 29.3 Å². The SMILES string of the molecule is Clc1cccc(OCC2CCCO2)c1. The Morgan fingerprint density at radius 2 is 2.43 bits per heavy atom. The van der Waals surface area contributed by atoms with E-state index in [2.05, 4.69) is 0 Å².